The first-order valence-electron chi connectivity index (χ1n) is 6.58. The lowest BCUT2D eigenvalue weighted by molar-refractivity contribution is -0.131. The average molecular weight is 252 g/mol. The van der Waals surface area contributed by atoms with Gasteiger partial charge in [0.1, 0.15) is 5.75 Å². The Bertz CT molecular complexity index is 593. The smallest absolute Gasteiger partial charge is 0.308 e. The zero-order chi connectivity index (χ0) is 13.2. The van der Waals surface area contributed by atoms with Crippen molar-refractivity contribution in [1.29, 1.82) is 0 Å². The van der Waals surface area contributed by atoms with Crippen LogP contribution in [0.4, 0.5) is 0 Å². The fourth-order valence-electron chi connectivity index (χ4n) is 2.79. The summed E-state index contributed by atoms with van der Waals surface area (Å²) >= 11 is 0. The molecule has 0 saturated carbocycles. The molecule has 3 rings (SSSR count). The van der Waals surface area contributed by atoms with E-state index in [-0.39, 0.29) is 5.97 Å². The molecule has 0 aliphatic heterocycles. The predicted molar refractivity (Wildman–Crippen MR) is 75.9 cm³/mol. The molecule has 96 valence electrons. The van der Waals surface area contributed by atoms with Crippen LogP contribution in [0.5, 0.6) is 5.75 Å². The number of fused-ring (bicyclic) bond motifs is 3. The van der Waals surface area contributed by atoms with Gasteiger partial charge >= 0.3 is 5.97 Å². The highest BCUT2D eigenvalue weighted by Gasteiger charge is 2.24. The second kappa shape index (κ2) is 4.88. The molecule has 0 amide bonds. The molecule has 0 aromatic heterocycles. The second-order valence-electron chi connectivity index (χ2n) is 4.98. The molecular weight excluding hydrogens is 236 g/mol. The largest absolute Gasteiger partial charge is 0.427 e. The summed E-state index contributed by atoms with van der Waals surface area (Å²) in [6, 6.07) is 5.87. The fraction of sp³-hybridized carbons (Fsp3) is 0.235. The lowest BCUT2D eigenvalue weighted by atomic mass is 9.81. The van der Waals surface area contributed by atoms with Gasteiger partial charge in [-0.15, -0.1) is 0 Å². The van der Waals surface area contributed by atoms with E-state index in [0.29, 0.717) is 17.6 Å². The summed E-state index contributed by atoms with van der Waals surface area (Å²) in [5, 5.41) is 0. The molecule has 2 aliphatic rings. The van der Waals surface area contributed by atoms with Gasteiger partial charge in [-0.3, -0.25) is 4.79 Å². The van der Waals surface area contributed by atoms with Gasteiger partial charge in [-0.25, -0.2) is 0 Å². The number of carbonyl (C=O) groups excluding carboxylic acids is 1. The Balaban J connectivity index is 2.03. The van der Waals surface area contributed by atoms with Gasteiger partial charge in [-0.05, 0) is 35.6 Å². The maximum atomic E-state index is 11.1. The van der Waals surface area contributed by atoms with Crippen molar-refractivity contribution in [2.75, 3.05) is 0 Å². The molecule has 2 aliphatic carbocycles. The maximum absolute atomic E-state index is 11.1. The Hall–Kier alpha value is -2.09. The van der Waals surface area contributed by atoms with Crippen molar-refractivity contribution in [3.05, 3.63) is 59.7 Å². The van der Waals surface area contributed by atoms with Crippen LogP contribution in [0.2, 0.25) is 0 Å². The summed E-state index contributed by atoms with van der Waals surface area (Å²) in [6.45, 7) is 1.43. The highest BCUT2D eigenvalue weighted by molar-refractivity contribution is 5.70. The second-order valence-corrected chi connectivity index (χ2v) is 4.98. The van der Waals surface area contributed by atoms with Crippen LogP contribution in [0.1, 0.15) is 30.4 Å². The summed E-state index contributed by atoms with van der Waals surface area (Å²) in [6.07, 6.45) is 14.1. The van der Waals surface area contributed by atoms with Crippen molar-refractivity contribution in [2.24, 2.45) is 5.92 Å². The van der Waals surface area contributed by atoms with E-state index in [9.17, 15) is 4.79 Å². The Morgan fingerprint density at radius 3 is 2.95 bits per heavy atom. The van der Waals surface area contributed by atoms with Crippen LogP contribution < -0.4 is 4.74 Å². The number of ether oxygens (including phenoxy) is 1. The summed E-state index contributed by atoms with van der Waals surface area (Å²) in [5.74, 6) is 1.21. The molecule has 2 atom stereocenters. The van der Waals surface area contributed by atoms with Gasteiger partial charge in [0.2, 0.25) is 0 Å². The van der Waals surface area contributed by atoms with E-state index in [0.717, 1.165) is 6.42 Å². The SMILES string of the molecule is CC(=O)Oc1ccc2c(c1)C1C=CC=CC1CC=C2. The van der Waals surface area contributed by atoms with Crippen LogP contribution in [0.3, 0.4) is 0 Å². The number of rotatable bonds is 1. The first kappa shape index (κ1) is 12.0. The minimum absolute atomic E-state index is 0.278. The van der Waals surface area contributed by atoms with E-state index in [1.807, 2.05) is 18.2 Å². The molecule has 0 heterocycles. The summed E-state index contributed by atoms with van der Waals surface area (Å²) in [5.41, 5.74) is 2.45. The van der Waals surface area contributed by atoms with E-state index >= 15 is 0 Å². The standard InChI is InChI=1S/C17H16O2/c1-12(18)19-15-10-9-14-7-4-6-13-5-2-3-8-16(13)17(14)11-15/h2-5,7-11,13,16H,6H2,1H3. The molecule has 2 heteroatoms. The van der Waals surface area contributed by atoms with Crippen LogP contribution in [0, 0.1) is 5.92 Å². The molecule has 0 N–H and O–H groups in total. The van der Waals surface area contributed by atoms with Crippen molar-refractivity contribution in [1.82, 2.24) is 0 Å². The number of esters is 1. The zero-order valence-electron chi connectivity index (χ0n) is 10.9. The van der Waals surface area contributed by atoms with Gasteiger partial charge in [0.25, 0.3) is 0 Å². The minimum atomic E-state index is -0.278. The highest BCUT2D eigenvalue weighted by Crippen LogP contribution is 2.38. The van der Waals surface area contributed by atoms with Crippen molar-refractivity contribution in [3.63, 3.8) is 0 Å². The van der Waals surface area contributed by atoms with Crippen molar-refractivity contribution in [2.45, 2.75) is 19.3 Å². The van der Waals surface area contributed by atoms with Crippen molar-refractivity contribution in [3.8, 4) is 5.75 Å². The molecular formula is C17H16O2. The quantitative estimate of drug-likeness (QED) is 0.560. The third-order valence-corrected chi connectivity index (χ3v) is 3.63. The van der Waals surface area contributed by atoms with Crippen LogP contribution in [-0.2, 0) is 4.79 Å². The third kappa shape index (κ3) is 2.39. The summed E-state index contributed by atoms with van der Waals surface area (Å²) < 4.78 is 5.20. The Labute approximate surface area is 113 Å². The fourth-order valence-corrected chi connectivity index (χ4v) is 2.79. The van der Waals surface area contributed by atoms with Crippen LogP contribution >= 0.6 is 0 Å². The summed E-state index contributed by atoms with van der Waals surface area (Å²) in [4.78, 5) is 11.1. The predicted octanol–water partition coefficient (Wildman–Crippen LogP) is 3.85. The molecule has 2 unspecified atom stereocenters. The number of benzene rings is 1. The number of hydrogen-bond acceptors (Lipinski definition) is 2. The third-order valence-electron chi connectivity index (χ3n) is 3.63. The average Bonchev–Trinajstić information content (AvgIpc) is 2.57. The van der Waals surface area contributed by atoms with Gasteiger partial charge < -0.3 is 4.74 Å². The molecule has 1 aromatic carbocycles. The minimum Gasteiger partial charge on any atom is -0.427 e. The summed E-state index contributed by atoms with van der Waals surface area (Å²) in [7, 11) is 0. The monoisotopic (exact) mass is 252 g/mol. The van der Waals surface area contributed by atoms with Gasteiger partial charge in [0, 0.05) is 12.8 Å². The van der Waals surface area contributed by atoms with E-state index in [4.69, 9.17) is 4.74 Å². The first-order valence-corrected chi connectivity index (χ1v) is 6.58. The lowest BCUT2D eigenvalue weighted by Crippen LogP contribution is -2.11. The van der Waals surface area contributed by atoms with Crippen molar-refractivity contribution >= 4 is 12.0 Å². The topological polar surface area (TPSA) is 26.3 Å². The van der Waals surface area contributed by atoms with E-state index in [1.54, 1.807) is 0 Å². The molecule has 0 bridgehead atoms. The van der Waals surface area contributed by atoms with E-state index in [1.165, 1.54) is 18.1 Å². The lowest BCUT2D eigenvalue weighted by Gasteiger charge is -2.23. The Morgan fingerprint density at radius 1 is 1.26 bits per heavy atom. The van der Waals surface area contributed by atoms with E-state index in [2.05, 4.69) is 36.5 Å². The molecule has 0 saturated heterocycles. The van der Waals surface area contributed by atoms with Gasteiger partial charge in [-0.2, -0.15) is 0 Å². The molecule has 19 heavy (non-hydrogen) atoms. The van der Waals surface area contributed by atoms with Crippen LogP contribution in [-0.4, -0.2) is 5.97 Å². The van der Waals surface area contributed by atoms with E-state index < -0.39 is 0 Å². The van der Waals surface area contributed by atoms with Crippen LogP contribution in [0.15, 0.2) is 48.6 Å². The van der Waals surface area contributed by atoms with Crippen LogP contribution in [0.25, 0.3) is 6.08 Å². The first-order chi connectivity index (χ1) is 9.24. The zero-order valence-corrected chi connectivity index (χ0v) is 10.9. The Kier molecular flexibility index (Phi) is 3.08. The van der Waals surface area contributed by atoms with Gasteiger partial charge in [0.05, 0.1) is 0 Å². The Morgan fingerprint density at radius 2 is 2.11 bits per heavy atom. The molecule has 1 aromatic rings. The molecule has 0 radical (unpaired) electrons. The molecule has 0 fully saturated rings. The molecule has 0 spiro atoms. The number of allylic oxidation sites excluding steroid dienone is 5. The highest BCUT2D eigenvalue weighted by atomic mass is 16.5. The van der Waals surface area contributed by atoms with Gasteiger partial charge in [-0.1, -0.05) is 42.5 Å². The normalized spacial score (nSPS) is 23.4. The number of carbonyl (C=O) groups is 1. The maximum Gasteiger partial charge on any atom is 0.308 e. The molecule has 2 nitrogen and oxygen atoms in total. The van der Waals surface area contributed by atoms with Gasteiger partial charge in [0.15, 0.2) is 0 Å². The number of hydrogen-bond donors (Lipinski definition) is 0. The van der Waals surface area contributed by atoms with Crippen molar-refractivity contribution < 1.29 is 9.53 Å².